The van der Waals surface area contributed by atoms with Crippen LogP contribution in [-0.2, 0) is 38.1 Å². The number of rotatable bonds is 4. The van der Waals surface area contributed by atoms with Gasteiger partial charge in [-0.05, 0) is 39.5 Å². The monoisotopic (exact) mass is 448 g/mol. The van der Waals surface area contributed by atoms with E-state index in [0.29, 0.717) is 24.0 Å². The van der Waals surface area contributed by atoms with Gasteiger partial charge in [-0.25, -0.2) is 9.59 Å². The zero-order valence-corrected chi connectivity index (χ0v) is 19.8. The van der Waals surface area contributed by atoms with Crippen molar-refractivity contribution in [2.75, 3.05) is 0 Å². The molecule has 0 amide bonds. The standard InChI is InChI=1S/C24H32O8/c1-8-12(2)21(27)30-20-19-13(3)22(28)32-24(19,31-16(6)26)11-17-9-10-18(29-15(5)25)14(4)23(17,20)7/h8,14,17-18,20H,9-11H2,1-7H3/b12-8-/t14-,17+,18-,20+,23+,24+/m0/s1. The molecule has 0 aromatic heterocycles. The molecule has 6 atom stereocenters. The Bertz CT molecular complexity index is 915. The third-order valence-corrected chi connectivity index (χ3v) is 7.54. The van der Waals surface area contributed by atoms with Crippen LogP contribution in [0.25, 0.3) is 0 Å². The van der Waals surface area contributed by atoms with Crippen molar-refractivity contribution in [3.8, 4) is 0 Å². The summed E-state index contributed by atoms with van der Waals surface area (Å²) in [5.41, 5.74) is 0.362. The largest absolute Gasteiger partial charge is 0.462 e. The van der Waals surface area contributed by atoms with Crippen LogP contribution in [0.15, 0.2) is 22.8 Å². The Labute approximate surface area is 188 Å². The Morgan fingerprint density at radius 2 is 1.75 bits per heavy atom. The lowest BCUT2D eigenvalue weighted by molar-refractivity contribution is -0.246. The molecule has 0 aromatic rings. The summed E-state index contributed by atoms with van der Waals surface area (Å²) < 4.78 is 22.9. The smallest absolute Gasteiger partial charge is 0.337 e. The number of carbonyl (C=O) groups is 4. The Kier molecular flexibility index (Phi) is 6.28. The lowest BCUT2D eigenvalue weighted by Gasteiger charge is -2.58. The van der Waals surface area contributed by atoms with Gasteiger partial charge in [0.2, 0.25) is 0 Å². The molecule has 32 heavy (non-hydrogen) atoms. The van der Waals surface area contributed by atoms with Crippen LogP contribution in [0.2, 0.25) is 0 Å². The predicted molar refractivity (Wildman–Crippen MR) is 113 cm³/mol. The molecule has 0 N–H and O–H groups in total. The average molecular weight is 449 g/mol. The van der Waals surface area contributed by atoms with E-state index in [4.69, 9.17) is 18.9 Å². The van der Waals surface area contributed by atoms with Crippen LogP contribution in [0, 0.1) is 17.3 Å². The van der Waals surface area contributed by atoms with Gasteiger partial charge < -0.3 is 18.9 Å². The van der Waals surface area contributed by atoms with E-state index in [9.17, 15) is 19.2 Å². The Morgan fingerprint density at radius 1 is 1.09 bits per heavy atom. The number of ether oxygens (including phenoxy) is 4. The van der Waals surface area contributed by atoms with Gasteiger partial charge in [-0.15, -0.1) is 0 Å². The van der Waals surface area contributed by atoms with Crippen LogP contribution in [-0.4, -0.2) is 41.9 Å². The van der Waals surface area contributed by atoms with Crippen molar-refractivity contribution < 1.29 is 38.1 Å². The molecule has 8 heteroatoms. The highest BCUT2D eigenvalue weighted by Crippen LogP contribution is 2.61. The molecule has 0 spiro atoms. The van der Waals surface area contributed by atoms with E-state index < -0.39 is 35.2 Å². The fourth-order valence-electron chi connectivity index (χ4n) is 5.56. The summed E-state index contributed by atoms with van der Waals surface area (Å²) in [6, 6.07) is 0. The minimum absolute atomic E-state index is 0.116. The molecule has 3 aliphatic rings. The van der Waals surface area contributed by atoms with Crippen LogP contribution in [0.5, 0.6) is 0 Å². The van der Waals surface area contributed by atoms with Gasteiger partial charge in [0.1, 0.15) is 12.2 Å². The van der Waals surface area contributed by atoms with Crippen LogP contribution >= 0.6 is 0 Å². The van der Waals surface area contributed by atoms with Crippen molar-refractivity contribution in [2.24, 2.45) is 17.3 Å². The van der Waals surface area contributed by atoms with Crippen molar-refractivity contribution >= 4 is 23.9 Å². The van der Waals surface area contributed by atoms with Crippen LogP contribution in [0.4, 0.5) is 0 Å². The second-order valence-electron chi connectivity index (χ2n) is 9.31. The number of esters is 4. The van der Waals surface area contributed by atoms with Gasteiger partial charge in [-0.1, -0.05) is 19.9 Å². The van der Waals surface area contributed by atoms with E-state index in [0.717, 1.165) is 0 Å². The number of hydrogen-bond acceptors (Lipinski definition) is 8. The molecule has 2 saturated carbocycles. The second kappa shape index (κ2) is 8.37. The van der Waals surface area contributed by atoms with Gasteiger partial charge in [0.25, 0.3) is 5.79 Å². The molecule has 0 saturated heterocycles. The molecule has 0 bridgehead atoms. The van der Waals surface area contributed by atoms with E-state index in [1.807, 2.05) is 13.8 Å². The van der Waals surface area contributed by atoms with Crippen LogP contribution in [0.3, 0.4) is 0 Å². The third kappa shape index (κ3) is 3.73. The average Bonchev–Trinajstić information content (AvgIpc) is 2.94. The van der Waals surface area contributed by atoms with E-state index in [2.05, 4.69) is 0 Å². The van der Waals surface area contributed by atoms with E-state index in [1.54, 1.807) is 26.8 Å². The topological polar surface area (TPSA) is 105 Å². The van der Waals surface area contributed by atoms with Crippen LogP contribution in [0.1, 0.15) is 67.7 Å². The minimum Gasteiger partial charge on any atom is -0.462 e. The molecule has 0 unspecified atom stereocenters. The zero-order chi connectivity index (χ0) is 24.0. The number of carbonyl (C=O) groups excluding carboxylic acids is 4. The first-order valence-electron chi connectivity index (χ1n) is 11.0. The summed E-state index contributed by atoms with van der Waals surface area (Å²) in [5.74, 6) is -4.00. The highest BCUT2D eigenvalue weighted by Gasteiger charge is 2.67. The maximum Gasteiger partial charge on any atom is 0.337 e. The van der Waals surface area contributed by atoms with Crippen LogP contribution < -0.4 is 0 Å². The quantitative estimate of drug-likeness (QED) is 0.366. The summed E-state index contributed by atoms with van der Waals surface area (Å²) in [5, 5.41) is 0. The maximum atomic E-state index is 12.9. The summed E-state index contributed by atoms with van der Waals surface area (Å²) >= 11 is 0. The maximum absolute atomic E-state index is 12.9. The van der Waals surface area contributed by atoms with Gasteiger partial charge in [0, 0.05) is 42.7 Å². The molecule has 2 aliphatic carbocycles. The lowest BCUT2D eigenvalue weighted by Crippen LogP contribution is -2.62. The van der Waals surface area contributed by atoms with Gasteiger partial charge in [0.05, 0.1) is 5.57 Å². The third-order valence-electron chi connectivity index (χ3n) is 7.54. The molecular weight excluding hydrogens is 416 g/mol. The summed E-state index contributed by atoms with van der Waals surface area (Å²) in [6.45, 7) is 11.6. The molecule has 0 radical (unpaired) electrons. The predicted octanol–water partition coefficient (Wildman–Crippen LogP) is 3.38. The highest BCUT2D eigenvalue weighted by molar-refractivity contribution is 5.94. The molecule has 1 aliphatic heterocycles. The minimum atomic E-state index is -1.60. The first-order valence-corrected chi connectivity index (χ1v) is 11.0. The number of hydrogen-bond donors (Lipinski definition) is 0. The summed E-state index contributed by atoms with van der Waals surface area (Å²) in [6.07, 6.45) is 1.88. The normalized spacial score (nSPS) is 36.6. The molecule has 8 nitrogen and oxygen atoms in total. The molecular formula is C24H32O8. The Morgan fingerprint density at radius 3 is 2.31 bits per heavy atom. The van der Waals surface area contributed by atoms with E-state index in [1.165, 1.54) is 13.8 Å². The van der Waals surface area contributed by atoms with Crippen molar-refractivity contribution in [3.63, 3.8) is 0 Å². The zero-order valence-electron chi connectivity index (χ0n) is 19.8. The number of fused-ring (bicyclic) bond motifs is 2. The van der Waals surface area contributed by atoms with E-state index in [-0.39, 0.29) is 35.9 Å². The molecule has 176 valence electrons. The molecule has 0 aromatic carbocycles. The fourth-order valence-corrected chi connectivity index (χ4v) is 5.56. The van der Waals surface area contributed by atoms with Gasteiger partial charge in [0.15, 0.2) is 0 Å². The lowest BCUT2D eigenvalue weighted by atomic mass is 9.51. The summed E-state index contributed by atoms with van der Waals surface area (Å²) in [4.78, 5) is 49.3. The van der Waals surface area contributed by atoms with Crippen molar-refractivity contribution in [1.82, 2.24) is 0 Å². The number of allylic oxidation sites excluding steroid dienone is 1. The molecule has 1 heterocycles. The second-order valence-corrected chi connectivity index (χ2v) is 9.31. The fraction of sp³-hybridized carbons (Fsp3) is 0.667. The first-order chi connectivity index (χ1) is 14.9. The first kappa shape index (κ1) is 24.0. The van der Waals surface area contributed by atoms with Crippen molar-refractivity contribution in [1.29, 1.82) is 0 Å². The Balaban J connectivity index is 2.17. The van der Waals surface area contributed by atoms with Crippen molar-refractivity contribution in [2.45, 2.75) is 85.7 Å². The highest BCUT2D eigenvalue weighted by atomic mass is 16.7. The van der Waals surface area contributed by atoms with Crippen molar-refractivity contribution in [3.05, 3.63) is 22.8 Å². The Hall–Kier alpha value is -2.64. The van der Waals surface area contributed by atoms with Gasteiger partial charge in [-0.2, -0.15) is 0 Å². The molecule has 3 rings (SSSR count). The van der Waals surface area contributed by atoms with Gasteiger partial charge >= 0.3 is 23.9 Å². The summed E-state index contributed by atoms with van der Waals surface area (Å²) in [7, 11) is 0. The molecule has 2 fully saturated rings. The van der Waals surface area contributed by atoms with E-state index >= 15 is 0 Å². The SMILES string of the molecule is C/C=C(/C)C(=O)O[C@@H]1C2=C(C)C(=O)O[C@]2(OC(C)=O)C[C@H]2CC[C@H](OC(C)=O)[C@H](C)[C@]21C. The van der Waals surface area contributed by atoms with Gasteiger partial charge in [-0.3, -0.25) is 9.59 Å².